The topological polar surface area (TPSA) is 86.7 Å². The molecule has 0 fully saturated rings. The number of aromatic nitrogens is 7. The monoisotopic (exact) mass is 494 g/mol. The van der Waals surface area contributed by atoms with Crippen molar-refractivity contribution in [2.75, 3.05) is 11.4 Å². The minimum atomic E-state index is -4.51. The van der Waals surface area contributed by atoms with Crippen LogP contribution in [0.4, 0.5) is 27.8 Å². The van der Waals surface area contributed by atoms with Gasteiger partial charge in [-0.3, -0.25) is 14.4 Å². The van der Waals surface area contributed by atoms with Crippen molar-refractivity contribution in [3.63, 3.8) is 0 Å². The number of hydrogen-bond donors (Lipinski definition) is 0. The third-order valence-electron chi connectivity index (χ3n) is 5.95. The molecule has 35 heavy (non-hydrogen) atoms. The summed E-state index contributed by atoms with van der Waals surface area (Å²) in [5, 5.41) is 12.2. The summed E-state index contributed by atoms with van der Waals surface area (Å²) in [5.74, 6) is -0.557. The van der Waals surface area contributed by atoms with Gasteiger partial charge in [-0.15, -0.1) is 0 Å². The van der Waals surface area contributed by atoms with E-state index in [2.05, 4.69) is 20.3 Å². The number of carbonyl (C=O) groups is 1. The molecule has 4 aromatic rings. The van der Waals surface area contributed by atoms with Gasteiger partial charge >= 0.3 is 6.18 Å². The molecular formula is C21H19F5N8O. The summed E-state index contributed by atoms with van der Waals surface area (Å²) in [4.78, 5) is 18.8. The number of carbonyl (C=O) groups excluding carboxylic acids is 1. The number of rotatable bonds is 4. The lowest BCUT2D eigenvalue weighted by Gasteiger charge is -2.33. The molecule has 0 aromatic carbocycles. The summed E-state index contributed by atoms with van der Waals surface area (Å²) in [6.45, 7) is 0.951. The van der Waals surface area contributed by atoms with Gasteiger partial charge in [0.1, 0.15) is 12.4 Å². The van der Waals surface area contributed by atoms with Gasteiger partial charge in [-0.05, 0) is 19.4 Å². The molecule has 184 valence electrons. The molecule has 1 unspecified atom stereocenters. The molecule has 0 aliphatic carbocycles. The highest BCUT2D eigenvalue weighted by Crippen LogP contribution is 2.39. The molecule has 1 aliphatic rings. The third kappa shape index (κ3) is 3.91. The van der Waals surface area contributed by atoms with Crippen LogP contribution in [0.1, 0.15) is 30.1 Å². The molecule has 14 heteroatoms. The van der Waals surface area contributed by atoms with Crippen molar-refractivity contribution in [3.05, 3.63) is 42.0 Å². The maximum absolute atomic E-state index is 13.9. The highest BCUT2D eigenvalue weighted by molar-refractivity contribution is 5.94. The molecule has 0 radical (unpaired) electrons. The number of pyridine rings is 1. The van der Waals surface area contributed by atoms with Gasteiger partial charge in [-0.1, -0.05) is 0 Å². The first-order valence-electron chi connectivity index (χ1n) is 10.6. The first-order chi connectivity index (χ1) is 16.5. The van der Waals surface area contributed by atoms with Crippen molar-refractivity contribution in [2.45, 2.75) is 38.5 Å². The number of hydrogen-bond acceptors (Lipinski definition) is 5. The smallest absolute Gasteiger partial charge is 0.295 e. The zero-order valence-electron chi connectivity index (χ0n) is 18.5. The second kappa shape index (κ2) is 8.13. The number of anilines is 1. The molecule has 9 nitrogen and oxygen atoms in total. The van der Waals surface area contributed by atoms with Crippen LogP contribution in [0.3, 0.4) is 0 Å². The standard InChI is InChI=1S/C21H19F5N8O/c1-11-18-13(19(22)23)7-14(12-8-28-31(2)9-12)29-20(18)33(30-11)10-17(35)32-6-4-15(21(24,25)26)34-16(32)3-5-27-34/h3,5,7-9,15,19H,4,6,10H2,1-2H3. The second-order valence-electron chi connectivity index (χ2n) is 8.27. The van der Waals surface area contributed by atoms with E-state index in [1.807, 2.05) is 0 Å². The molecule has 1 amide bonds. The minimum Gasteiger partial charge on any atom is -0.295 e. The van der Waals surface area contributed by atoms with Crippen LogP contribution in [0.5, 0.6) is 0 Å². The number of aryl methyl sites for hydroxylation is 2. The first-order valence-corrected chi connectivity index (χ1v) is 10.6. The summed E-state index contributed by atoms with van der Waals surface area (Å²) in [6.07, 6.45) is -3.39. The van der Waals surface area contributed by atoms with E-state index in [1.165, 1.54) is 45.7 Å². The molecular weight excluding hydrogens is 475 g/mol. The maximum Gasteiger partial charge on any atom is 0.410 e. The Balaban J connectivity index is 1.53. The van der Waals surface area contributed by atoms with Gasteiger partial charge in [0.2, 0.25) is 5.91 Å². The number of alkyl halides is 5. The predicted molar refractivity (Wildman–Crippen MR) is 114 cm³/mol. The largest absolute Gasteiger partial charge is 0.410 e. The second-order valence-corrected chi connectivity index (χ2v) is 8.27. The fourth-order valence-corrected chi connectivity index (χ4v) is 4.39. The van der Waals surface area contributed by atoms with Crippen LogP contribution in [0.2, 0.25) is 0 Å². The maximum atomic E-state index is 13.9. The number of amides is 1. The highest BCUT2D eigenvalue weighted by atomic mass is 19.4. The van der Waals surface area contributed by atoms with E-state index in [4.69, 9.17) is 0 Å². The fourth-order valence-electron chi connectivity index (χ4n) is 4.39. The molecule has 4 aromatic heterocycles. The molecule has 5 heterocycles. The van der Waals surface area contributed by atoms with Crippen molar-refractivity contribution in [2.24, 2.45) is 7.05 Å². The average molecular weight is 494 g/mol. The Morgan fingerprint density at radius 1 is 1.26 bits per heavy atom. The molecule has 0 saturated heterocycles. The normalized spacial score (nSPS) is 16.3. The summed E-state index contributed by atoms with van der Waals surface area (Å²) in [6, 6.07) is 0.767. The Morgan fingerprint density at radius 2 is 2.03 bits per heavy atom. The van der Waals surface area contributed by atoms with Crippen LogP contribution in [0, 0.1) is 6.92 Å². The SMILES string of the molecule is Cc1nn(CC(=O)N2CCC(C(F)(F)F)n3nccc32)c2nc(-c3cnn(C)c3)cc(C(F)F)c12. The van der Waals surface area contributed by atoms with Crippen LogP contribution < -0.4 is 4.90 Å². The molecule has 0 saturated carbocycles. The van der Waals surface area contributed by atoms with E-state index in [-0.39, 0.29) is 46.8 Å². The first kappa shape index (κ1) is 22.9. The van der Waals surface area contributed by atoms with Crippen molar-refractivity contribution in [1.82, 2.24) is 34.3 Å². The van der Waals surface area contributed by atoms with Gasteiger partial charge in [0.15, 0.2) is 11.7 Å². The summed E-state index contributed by atoms with van der Waals surface area (Å²) in [7, 11) is 1.68. The predicted octanol–water partition coefficient (Wildman–Crippen LogP) is 3.81. The third-order valence-corrected chi connectivity index (χ3v) is 5.95. The van der Waals surface area contributed by atoms with E-state index >= 15 is 0 Å². The Bertz CT molecular complexity index is 1420. The summed E-state index contributed by atoms with van der Waals surface area (Å²) in [5.41, 5.74) is 0.791. The van der Waals surface area contributed by atoms with Gasteiger partial charge < -0.3 is 0 Å². The van der Waals surface area contributed by atoms with Crippen LogP contribution in [0.25, 0.3) is 22.3 Å². The van der Waals surface area contributed by atoms with E-state index in [0.29, 0.717) is 5.56 Å². The minimum absolute atomic E-state index is 0.00837. The molecule has 0 N–H and O–H groups in total. The van der Waals surface area contributed by atoms with Crippen LogP contribution >= 0.6 is 0 Å². The Morgan fingerprint density at radius 3 is 2.69 bits per heavy atom. The lowest BCUT2D eigenvalue weighted by atomic mass is 10.1. The zero-order chi connectivity index (χ0) is 25.1. The molecule has 1 aliphatic heterocycles. The van der Waals surface area contributed by atoms with Gasteiger partial charge in [0.25, 0.3) is 6.43 Å². The van der Waals surface area contributed by atoms with Crippen LogP contribution in [-0.2, 0) is 18.4 Å². The van der Waals surface area contributed by atoms with Gasteiger partial charge in [0.05, 0.1) is 29.2 Å². The Hall–Kier alpha value is -3.84. The van der Waals surface area contributed by atoms with Gasteiger partial charge in [-0.2, -0.15) is 28.5 Å². The van der Waals surface area contributed by atoms with E-state index in [9.17, 15) is 26.7 Å². The highest BCUT2D eigenvalue weighted by Gasteiger charge is 2.45. The fraction of sp³-hybridized carbons (Fsp3) is 0.381. The molecule has 0 spiro atoms. The van der Waals surface area contributed by atoms with E-state index in [1.54, 1.807) is 13.2 Å². The van der Waals surface area contributed by atoms with E-state index < -0.39 is 31.1 Å². The lowest BCUT2D eigenvalue weighted by Crippen LogP contribution is -2.44. The zero-order valence-corrected chi connectivity index (χ0v) is 18.5. The van der Waals surface area contributed by atoms with Crippen molar-refractivity contribution >= 4 is 22.8 Å². The van der Waals surface area contributed by atoms with Crippen molar-refractivity contribution < 1.29 is 26.7 Å². The van der Waals surface area contributed by atoms with Crippen molar-refractivity contribution in [3.8, 4) is 11.3 Å². The van der Waals surface area contributed by atoms with Crippen molar-refractivity contribution in [1.29, 1.82) is 0 Å². The summed E-state index contributed by atoms with van der Waals surface area (Å²) < 4.78 is 71.5. The number of halogens is 5. The Kier molecular flexibility index (Phi) is 5.33. The van der Waals surface area contributed by atoms with Gasteiger partial charge in [0, 0.05) is 37.0 Å². The number of nitrogens with zero attached hydrogens (tertiary/aromatic N) is 8. The summed E-state index contributed by atoms with van der Waals surface area (Å²) >= 11 is 0. The Labute approximate surface area is 194 Å². The van der Waals surface area contributed by atoms with Gasteiger partial charge in [-0.25, -0.2) is 23.1 Å². The quantitative estimate of drug-likeness (QED) is 0.403. The molecule has 1 atom stereocenters. The lowest BCUT2D eigenvalue weighted by molar-refractivity contribution is -0.173. The van der Waals surface area contributed by atoms with Crippen LogP contribution in [-0.4, -0.2) is 53.0 Å². The molecule has 5 rings (SSSR count). The average Bonchev–Trinajstić information content (AvgIpc) is 3.51. The van der Waals surface area contributed by atoms with E-state index in [0.717, 1.165) is 4.68 Å². The molecule has 0 bridgehead atoms. The van der Waals surface area contributed by atoms with Crippen LogP contribution in [0.15, 0.2) is 30.7 Å². The number of fused-ring (bicyclic) bond motifs is 2.